The molecule has 0 aliphatic heterocycles. The number of benzene rings is 1. The van der Waals surface area contributed by atoms with Crippen molar-refractivity contribution in [3.8, 4) is 0 Å². The molecule has 1 aromatic carbocycles. The van der Waals surface area contributed by atoms with Gasteiger partial charge in [0.2, 0.25) is 10.0 Å². The topological polar surface area (TPSA) is 71.1 Å². The quantitative estimate of drug-likeness (QED) is 0.820. The van der Waals surface area contributed by atoms with E-state index in [1.165, 1.54) is 0 Å². The number of nitrogens with one attached hydrogen (secondary N) is 2. The van der Waals surface area contributed by atoms with E-state index in [4.69, 9.17) is 0 Å². The number of aromatic nitrogens is 1. The molecular weight excluding hydrogens is 306 g/mol. The van der Waals surface area contributed by atoms with Crippen molar-refractivity contribution >= 4 is 27.0 Å². The molecule has 1 heterocycles. The predicted molar refractivity (Wildman–Crippen MR) is 86.3 cm³/mol. The van der Waals surface area contributed by atoms with Gasteiger partial charge < -0.3 is 5.32 Å². The highest BCUT2D eigenvalue weighted by Gasteiger charge is 2.11. The highest BCUT2D eigenvalue weighted by atomic mass is 32.2. The maximum Gasteiger partial charge on any atom is 0.240 e. The second-order valence-corrected chi connectivity index (χ2v) is 7.29. The molecule has 0 saturated carbocycles. The minimum atomic E-state index is -3.37. The second-order valence-electron chi connectivity index (χ2n) is 4.59. The van der Waals surface area contributed by atoms with Gasteiger partial charge in [-0.05, 0) is 31.2 Å². The predicted octanol–water partition coefficient (Wildman–Crippen LogP) is 2.40. The number of hydrogen-bond donors (Lipinski definition) is 2. The second kappa shape index (κ2) is 7.02. The van der Waals surface area contributed by atoms with E-state index in [1.54, 1.807) is 42.5 Å². The molecule has 7 heteroatoms. The van der Waals surface area contributed by atoms with E-state index in [1.807, 2.05) is 12.3 Å². The molecule has 0 fully saturated rings. The minimum absolute atomic E-state index is 0.283. The number of aryl methyl sites for hydroxylation is 1. The van der Waals surface area contributed by atoms with Gasteiger partial charge in [0.15, 0.2) is 0 Å². The van der Waals surface area contributed by atoms with Crippen LogP contribution in [-0.2, 0) is 16.4 Å². The largest absolute Gasteiger partial charge is 0.385 e. The molecule has 114 valence electrons. The average molecular weight is 325 g/mol. The Kier molecular flexibility index (Phi) is 5.33. The Morgan fingerprint density at radius 3 is 2.52 bits per heavy atom. The average Bonchev–Trinajstić information content (AvgIpc) is 2.85. The normalized spacial score (nSPS) is 11.5. The van der Waals surface area contributed by atoms with Crippen LogP contribution in [0.5, 0.6) is 0 Å². The van der Waals surface area contributed by atoms with Gasteiger partial charge in [0.05, 0.1) is 9.90 Å². The summed E-state index contributed by atoms with van der Waals surface area (Å²) in [4.78, 5) is 4.68. The first-order valence-corrected chi connectivity index (χ1v) is 9.12. The SMILES string of the molecule is CCNS(=O)(=O)c1ccc(NCCc2nc(C)cs2)cc1. The van der Waals surface area contributed by atoms with Crippen molar-refractivity contribution in [2.24, 2.45) is 0 Å². The summed E-state index contributed by atoms with van der Waals surface area (Å²) >= 11 is 1.66. The van der Waals surface area contributed by atoms with Gasteiger partial charge in [0.25, 0.3) is 0 Å². The summed E-state index contributed by atoms with van der Waals surface area (Å²) in [7, 11) is -3.37. The Bertz CT molecular complexity index is 678. The van der Waals surface area contributed by atoms with E-state index in [2.05, 4.69) is 15.0 Å². The molecular formula is C14H19N3O2S2. The summed E-state index contributed by atoms with van der Waals surface area (Å²) in [5, 5.41) is 6.41. The van der Waals surface area contributed by atoms with Gasteiger partial charge in [-0.3, -0.25) is 0 Å². The first-order chi connectivity index (χ1) is 10.0. The van der Waals surface area contributed by atoms with Crippen LogP contribution in [0, 0.1) is 6.92 Å². The highest BCUT2D eigenvalue weighted by Crippen LogP contribution is 2.14. The summed E-state index contributed by atoms with van der Waals surface area (Å²) in [5.41, 5.74) is 1.95. The molecule has 0 aliphatic carbocycles. The van der Waals surface area contributed by atoms with Crippen molar-refractivity contribution < 1.29 is 8.42 Å². The Balaban J connectivity index is 1.90. The zero-order chi connectivity index (χ0) is 15.3. The van der Waals surface area contributed by atoms with Crippen LogP contribution in [-0.4, -0.2) is 26.5 Å². The van der Waals surface area contributed by atoms with Crippen LogP contribution in [0.2, 0.25) is 0 Å². The molecule has 0 amide bonds. The molecule has 5 nitrogen and oxygen atoms in total. The molecule has 2 aromatic rings. The smallest absolute Gasteiger partial charge is 0.240 e. The van der Waals surface area contributed by atoms with E-state index in [9.17, 15) is 8.42 Å². The monoisotopic (exact) mass is 325 g/mol. The third-order valence-electron chi connectivity index (χ3n) is 2.83. The summed E-state index contributed by atoms with van der Waals surface area (Å²) in [6.45, 7) is 4.90. The highest BCUT2D eigenvalue weighted by molar-refractivity contribution is 7.89. The van der Waals surface area contributed by atoms with E-state index < -0.39 is 10.0 Å². The molecule has 21 heavy (non-hydrogen) atoms. The van der Waals surface area contributed by atoms with Gasteiger partial charge in [-0.25, -0.2) is 18.1 Å². The van der Waals surface area contributed by atoms with E-state index in [-0.39, 0.29) is 4.90 Å². The minimum Gasteiger partial charge on any atom is -0.385 e. The maximum absolute atomic E-state index is 11.8. The lowest BCUT2D eigenvalue weighted by atomic mass is 10.3. The fourth-order valence-electron chi connectivity index (χ4n) is 1.86. The summed E-state index contributed by atoms with van der Waals surface area (Å²) in [6.07, 6.45) is 0.857. The molecule has 2 rings (SSSR count). The van der Waals surface area contributed by atoms with Crippen molar-refractivity contribution in [2.45, 2.75) is 25.2 Å². The van der Waals surface area contributed by atoms with Gasteiger partial charge >= 0.3 is 0 Å². The lowest BCUT2D eigenvalue weighted by Gasteiger charge is -2.07. The first kappa shape index (κ1) is 15.9. The van der Waals surface area contributed by atoms with Gasteiger partial charge in [0.1, 0.15) is 0 Å². The Labute approximate surface area is 129 Å². The van der Waals surface area contributed by atoms with Gasteiger partial charge in [-0.15, -0.1) is 11.3 Å². The fourth-order valence-corrected chi connectivity index (χ4v) is 3.67. The van der Waals surface area contributed by atoms with Crippen molar-refractivity contribution in [2.75, 3.05) is 18.4 Å². The third-order valence-corrected chi connectivity index (χ3v) is 5.42. The van der Waals surface area contributed by atoms with Crippen molar-refractivity contribution in [3.63, 3.8) is 0 Å². The van der Waals surface area contributed by atoms with Crippen molar-refractivity contribution in [1.29, 1.82) is 0 Å². The number of nitrogens with zero attached hydrogens (tertiary/aromatic N) is 1. The number of hydrogen-bond acceptors (Lipinski definition) is 5. The van der Waals surface area contributed by atoms with E-state index >= 15 is 0 Å². The van der Waals surface area contributed by atoms with Crippen LogP contribution in [0.1, 0.15) is 17.6 Å². The summed E-state index contributed by atoms with van der Waals surface area (Å²) in [6, 6.07) is 6.76. The summed E-state index contributed by atoms with van der Waals surface area (Å²) < 4.78 is 26.1. The van der Waals surface area contributed by atoms with Crippen LogP contribution in [0.15, 0.2) is 34.5 Å². The fraction of sp³-hybridized carbons (Fsp3) is 0.357. The molecule has 0 aliphatic rings. The lowest BCUT2D eigenvalue weighted by Crippen LogP contribution is -2.23. The number of anilines is 1. The lowest BCUT2D eigenvalue weighted by molar-refractivity contribution is 0.584. The molecule has 0 radical (unpaired) electrons. The van der Waals surface area contributed by atoms with Gasteiger partial charge in [-0.1, -0.05) is 6.92 Å². The molecule has 2 N–H and O–H groups in total. The molecule has 0 unspecified atom stereocenters. The van der Waals surface area contributed by atoms with Crippen LogP contribution in [0.25, 0.3) is 0 Å². The number of thiazole rings is 1. The van der Waals surface area contributed by atoms with Crippen LogP contribution in [0.4, 0.5) is 5.69 Å². The van der Waals surface area contributed by atoms with E-state index in [0.29, 0.717) is 6.54 Å². The van der Waals surface area contributed by atoms with Crippen LogP contribution < -0.4 is 10.0 Å². The maximum atomic E-state index is 11.8. The van der Waals surface area contributed by atoms with Gasteiger partial charge in [0, 0.05) is 36.3 Å². The van der Waals surface area contributed by atoms with E-state index in [0.717, 1.165) is 29.4 Å². The summed E-state index contributed by atoms with van der Waals surface area (Å²) in [5.74, 6) is 0. The third kappa shape index (κ3) is 4.52. The van der Waals surface area contributed by atoms with Crippen LogP contribution in [0.3, 0.4) is 0 Å². The van der Waals surface area contributed by atoms with Crippen molar-refractivity contribution in [1.82, 2.24) is 9.71 Å². The standard InChI is InChI=1S/C14H19N3O2S2/c1-3-16-21(18,19)13-6-4-12(5-7-13)15-9-8-14-17-11(2)10-20-14/h4-7,10,15-16H,3,8-9H2,1-2H3. The molecule has 0 saturated heterocycles. The number of sulfonamides is 1. The van der Waals surface area contributed by atoms with Crippen LogP contribution >= 0.6 is 11.3 Å². The molecule has 1 aromatic heterocycles. The Morgan fingerprint density at radius 2 is 1.95 bits per heavy atom. The molecule has 0 spiro atoms. The zero-order valence-corrected chi connectivity index (χ0v) is 13.7. The Hall–Kier alpha value is -1.44. The molecule has 0 bridgehead atoms. The van der Waals surface area contributed by atoms with Gasteiger partial charge in [-0.2, -0.15) is 0 Å². The van der Waals surface area contributed by atoms with Crippen molar-refractivity contribution in [3.05, 3.63) is 40.3 Å². The first-order valence-electron chi connectivity index (χ1n) is 6.76. The zero-order valence-electron chi connectivity index (χ0n) is 12.1. The Morgan fingerprint density at radius 1 is 1.24 bits per heavy atom. The molecule has 0 atom stereocenters. The number of rotatable bonds is 7.